The van der Waals surface area contributed by atoms with Crippen molar-refractivity contribution in [3.8, 4) is 0 Å². The lowest BCUT2D eigenvalue weighted by molar-refractivity contribution is -0.0404. The molecule has 0 spiro atoms. The fraction of sp³-hybridized carbons (Fsp3) is 1.00. The standard InChI is InChI=1S/C23H47BO9P2/c1-10-20(6,15-16-17(25)18(26)19(24)31-16)32-34(9,28)22(8,12-3)21(7,11-2)33-35(29,30)23(27,13-4)14-5/h16-19,25-27H,10-15H2,1-9H3,(H,29,30)/t16-,17-,18-,19-,20?,21?,22?,34?/m1/s1. The van der Waals surface area contributed by atoms with Gasteiger partial charge >= 0.3 is 7.60 Å². The molecule has 0 aromatic heterocycles. The summed E-state index contributed by atoms with van der Waals surface area (Å²) >= 11 is 0. The molecule has 4 N–H and O–H groups in total. The van der Waals surface area contributed by atoms with E-state index in [0.717, 1.165) is 0 Å². The molecule has 9 nitrogen and oxygen atoms in total. The van der Waals surface area contributed by atoms with Crippen LogP contribution in [0.4, 0.5) is 0 Å². The number of ether oxygens (including phenoxy) is 1. The van der Waals surface area contributed by atoms with E-state index in [0.29, 0.717) is 12.8 Å². The first kappa shape index (κ1) is 33.3. The van der Waals surface area contributed by atoms with E-state index in [1.54, 1.807) is 41.5 Å². The van der Waals surface area contributed by atoms with Gasteiger partial charge in [-0.2, -0.15) is 0 Å². The van der Waals surface area contributed by atoms with Crippen LogP contribution in [0.3, 0.4) is 0 Å². The van der Waals surface area contributed by atoms with Gasteiger partial charge in [0.15, 0.2) is 5.34 Å². The van der Waals surface area contributed by atoms with Crippen molar-refractivity contribution in [2.45, 2.75) is 140 Å². The molecule has 1 heterocycles. The van der Waals surface area contributed by atoms with Crippen LogP contribution in [0.5, 0.6) is 0 Å². The van der Waals surface area contributed by atoms with E-state index in [9.17, 15) is 29.3 Å². The van der Waals surface area contributed by atoms with Gasteiger partial charge in [0.05, 0.1) is 28.6 Å². The molecule has 0 bridgehead atoms. The summed E-state index contributed by atoms with van der Waals surface area (Å²) in [5.41, 5.74) is -2.41. The average molecular weight is 540 g/mol. The second-order valence-corrected chi connectivity index (χ2v) is 15.5. The number of rotatable bonds is 14. The smallest absolute Gasteiger partial charge is 0.359 e. The molecule has 12 heteroatoms. The highest BCUT2D eigenvalue weighted by Crippen LogP contribution is 2.70. The van der Waals surface area contributed by atoms with Gasteiger partial charge in [-0.25, -0.2) is 0 Å². The minimum atomic E-state index is -4.55. The molecule has 1 saturated heterocycles. The molecule has 1 aliphatic rings. The quantitative estimate of drug-likeness (QED) is 0.189. The normalized spacial score (nSPS) is 32.1. The van der Waals surface area contributed by atoms with Crippen LogP contribution in [0.15, 0.2) is 0 Å². The maximum Gasteiger partial charge on any atom is 0.359 e. The first-order chi connectivity index (χ1) is 15.8. The fourth-order valence-corrected chi connectivity index (χ4v) is 9.58. The Bertz CT molecular complexity index is 810. The first-order valence-electron chi connectivity index (χ1n) is 12.6. The van der Waals surface area contributed by atoms with Gasteiger partial charge in [0.1, 0.15) is 14.0 Å². The molecule has 0 aliphatic carbocycles. The van der Waals surface area contributed by atoms with E-state index in [4.69, 9.17) is 21.6 Å². The Morgan fingerprint density at radius 1 is 0.886 bits per heavy atom. The van der Waals surface area contributed by atoms with Crippen molar-refractivity contribution < 1.29 is 43.1 Å². The molecule has 0 saturated carbocycles. The van der Waals surface area contributed by atoms with E-state index < -0.39 is 61.0 Å². The molecule has 1 fully saturated rings. The van der Waals surface area contributed by atoms with Crippen molar-refractivity contribution >= 4 is 22.8 Å². The van der Waals surface area contributed by atoms with Crippen LogP contribution in [0.2, 0.25) is 0 Å². The summed E-state index contributed by atoms with van der Waals surface area (Å²) in [6.07, 6.45) is -2.14. The Hall–Kier alpha value is 0.245. The maximum absolute atomic E-state index is 14.4. The predicted molar refractivity (Wildman–Crippen MR) is 138 cm³/mol. The Kier molecular flexibility index (Phi) is 11.0. The van der Waals surface area contributed by atoms with Crippen molar-refractivity contribution in [1.82, 2.24) is 0 Å². The van der Waals surface area contributed by atoms with Crippen molar-refractivity contribution in [2.75, 3.05) is 6.66 Å². The molecular formula is C23H47BO9P2. The van der Waals surface area contributed by atoms with Gasteiger partial charge in [0.2, 0.25) is 7.37 Å². The summed E-state index contributed by atoms with van der Waals surface area (Å²) in [6.45, 7) is 15.2. The minimum absolute atomic E-state index is 0.0196. The van der Waals surface area contributed by atoms with E-state index >= 15 is 0 Å². The highest BCUT2D eigenvalue weighted by atomic mass is 31.2. The first-order valence-corrected chi connectivity index (χ1v) is 16.2. The zero-order chi connectivity index (χ0) is 27.7. The van der Waals surface area contributed by atoms with Gasteiger partial charge in [0, 0.05) is 19.1 Å². The third kappa shape index (κ3) is 6.29. The highest BCUT2D eigenvalue weighted by Gasteiger charge is 2.60. The van der Waals surface area contributed by atoms with Gasteiger partial charge in [0.25, 0.3) is 0 Å². The molecule has 9 atom stereocenters. The lowest BCUT2D eigenvalue weighted by Crippen LogP contribution is -2.52. The van der Waals surface area contributed by atoms with E-state index in [1.165, 1.54) is 6.66 Å². The molecule has 206 valence electrons. The lowest BCUT2D eigenvalue weighted by Gasteiger charge is -2.51. The lowest BCUT2D eigenvalue weighted by atomic mass is 9.85. The van der Waals surface area contributed by atoms with E-state index in [1.807, 2.05) is 13.8 Å². The van der Waals surface area contributed by atoms with Crippen LogP contribution in [-0.4, -0.2) is 80.7 Å². The number of aliphatic hydroxyl groups excluding tert-OH is 2. The van der Waals surface area contributed by atoms with Crippen molar-refractivity contribution in [2.24, 2.45) is 0 Å². The monoisotopic (exact) mass is 540 g/mol. The predicted octanol–water partition coefficient (Wildman–Crippen LogP) is 4.13. The Labute approximate surface area is 212 Å². The fourth-order valence-electron chi connectivity index (χ4n) is 4.78. The van der Waals surface area contributed by atoms with Crippen molar-refractivity contribution in [1.29, 1.82) is 0 Å². The van der Waals surface area contributed by atoms with Crippen LogP contribution >= 0.6 is 15.0 Å². The molecule has 0 aromatic carbocycles. The molecule has 0 aromatic rings. The molecular weight excluding hydrogens is 493 g/mol. The number of hydrogen-bond acceptors (Lipinski definition) is 8. The van der Waals surface area contributed by atoms with Crippen LogP contribution in [-0.2, 0) is 22.9 Å². The van der Waals surface area contributed by atoms with Crippen LogP contribution in [0, 0.1) is 0 Å². The number of aliphatic hydroxyl groups is 3. The summed E-state index contributed by atoms with van der Waals surface area (Å²) in [5, 5.41) is 28.0. The van der Waals surface area contributed by atoms with Gasteiger partial charge in [-0.3, -0.25) is 13.7 Å². The Balaban J connectivity index is 3.38. The van der Waals surface area contributed by atoms with Crippen LogP contribution < -0.4 is 0 Å². The second kappa shape index (κ2) is 11.5. The third-order valence-electron chi connectivity index (χ3n) is 8.56. The summed E-state index contributed by atoms with van der Waals surface area (Å²) in [5.74, 6) is 0. The molecule has 0 amide bonds. The zero-order valence-corrected chi connectivity index (χ0v) is 24.6. The van der Waals surface area contributed by atoms with E-state index in [-0.39, 0.29) is 25.7 Å². The SMILES string of the molecule is [B][C@@H]1O[C@H](CC(C)(CC)OP(C)(=O)C(C)(CC)C(C)(CC)OP(=O)(O)C(O)(CC)CC)[C@@H](O)[C@H]1O. The summed E-state index contributed by atoms with van der Waals surface area (Å²) in [6, 6.07) is -1.03. The summed E-state index contributed by atoms with van der Waals surface area (Å²) in [7, 11) is -2.46. The van der Waals surface area contributed by atoms with E-state index in [2.05, 4.69) is 0 Å². The van der Waals surface area contributed by atoms with Gasteiger partial charge in [-0.15, -0.1) is 0 Å². The van der Waals surface area contributed by atoms with Crippen LogP contribution in [0.25, 0.3) is 0 Å². The van der Waals surface area contributed by atoms with Crippen molar-refractivity contribution in [3.05, 3.63) is 0 Å². The molecule has 1 rings (SSSR count). The third-order valence-corrected chi connectivity index (χ3v) is 14.3. The molecule has 2 radical (unpaired) electrons. The molecule has 1 aliphatic heterocycles. The van der Waals surface area contributed by atoms with Gasteiger partial charge < -0.3 is 29.5 Å². The molecule has 35 heavy (non-hydrogen) atoms. The van der Waals surface area contributed by atoms with Crippen LogP contribution in [0.1, 0.15) is 93.9 Å². The summed E-state index contributed by atoms with van der Waals surface area (Å²) < 4.78 is 45.4. The largest absolute Gasteiger partial charge is 0.388 e. The minimum Gasteiger partial charge on any atom is -0.388 e. The zero-order valence-electron chi connectivity index (χ0n) is 22.9. The topological polar surface area (TPSA) is 143 Å². The summed E-state index contributed by atoms with van der Waals surface area (Å²) in [4.78, 5) is 10.8. The maximum atomic E-state index is 14.4. The Morgan fingerprint density at radius 2 is 1.40 bits per heavy atom. The van der Waals surface area contributed by atoms with Gasteiger partial charge in [-0.1, -0.05) is 34.6 Å². The molecule has 5 unspecified atom stereocenters. The Morgan fingerprint density at radius 3 is 1.74 bits per heavy atom. The average Bonchev–Trinajstić information content (AvgIpc) is 3.02. The second-order valence-electron chi connectivity index (χ2n) is 10.6. The van der Waals surface area contributed by atoms with Gasteiger partial charge in [-0.05, 0) is 52.9 Å². The highest BCUT2D eigenvalue weighted by molar-refractivity contribution is 7.60. The number of hydrogen-bond donors (Lipinski definition) is 4. The van der Waals surface area contributed by atoms with Crippen molar-refractivity contribution in [3.63, 3.8) is 0 Å².